The van der Waals surface area contributed by atoms with E-state index in [1.807, 2.05) is 31.0 Å². The molecule has 0 bridgehead atoms. The Morgan fingerprint density at radius 3 is 2.88 bits per heavy atom. The van der Waals surface area contributed by atoms with E-state index in [1.54, 1.807) is 23.1 Å². The lowest BCUT2D eigenvalue weighted by molar-refractivity contribution is 0.723. The van der Waals surface area contributed by atoms with Crippen molar-refractivity contribution >= 4 is 23.1 Å². The van der Waals surface area contributed by atoms with Crippen LogP contribution in [0.1, 0.15) is 17.7 Å². The lowest BCUT2D eigenvalue weighted by atomic mass is 10.1. The van der Waals surface area contributed by atoms with E-state index in [4.69, 9.17) is 5.73 Å². The molecule has 0 amide bonds. The minimum absolute atomic E-state index is 0.125. The van der Waals surface area contributed by atoms with Gasteiger partial charge in [0.25, 0.3) is 0 Å². The number of aromatic nitrogens is 2. The second kappa shape index (κ2) is 5.03. The molecule has 3 nitrogen and oxygen atoms in total. The minimum atomic E-state index is 0.125. The summed E-state index contributed by atoms with van der Waals surface area (Å²) in [5, 5.41) is 8.73. The van der Waals surface area contributed by atoms with Crippen molar-refractivity contribution in [2.24, 2.45) is 12.8 Å². The molecule has 5 heteroatoms. The summed E-state index contributed by atoms with van der Waals surface area (Å²) in [6.07, 6.45) is 3.90. The molecule has 2 N–H and O–H groups in total. The van der Waals surface area contributed by atoms with Crippen LogP contribution in [0.15, 0.2) is 34.1 Å². The van der Waals surface area contributed by atoms with Gasteiger partial charge in [-0.1, -0.05) is 0 Å². The Morgan fingerprint density at radius 2 is 2.38 bits per heavy atom. The molecule has 0 aliphatic heterocycles. The van der Waals surface area contributed by atoms with Gasteiger partial charge in [-0.05, 0) is 29.3 Å². The van der Waals surface area contributed by atoms with Crippen molar-refractivity contribution in [2.45, 2.75) is 23.1 Å². The molecule has 86 valence electrons. The first kappa shape index (κ1) is 11.7. The third-order valence-corrected chi connectivity index (χ3v) is 4.43. The Labute approximate surface area is 104 Å². The highest BCUT2D eigenvalue weighted by Gasteiger charge is 2.18. The number of hydrogen-bond acceptors (Lipinski definition) is 4. The van der Waals surface area contributed by atoms with Gasteiger partial charge in [-0.15, -0.1) is 11.8 Å². The highest BCUT2D eigenvalue weighted by molar-refractivity contribution is 7.99. The van der Waals surface area contributed by atoms with E-state index in [9.17, 15) is 0 Å². The molecule has 2 rings (SSSR count). The molecule has 0 saturated carbocycles. The second-order valence-corrected chi connectivity index (χ2v) is 5.80. The first-order valence-electron chi connectivity index (χ1n) is 5.10. The number of rotatable bonds is 4. The van der Waals surface area contributed by atoms with E-state index >= 15 is 0 Å². The Kier molecular flexibility index (Phi) is 3.68. The quantitative estimate of drug-likeness (QED) is 0.852. The lowest BCUT2D eigenvalue weighted by Crippen LogP contribution is -2.22. The number of nitrogens with two attached hydrogens (primary N) is 1. The van der Waals surface area contributed by atoms with Crippen LogP contribution in [0.5, 0.6) is 0 Å². The molecule has 0 radical (unpaired) electrons. The monoisotopic (exact) mass is 253 g/mol. The zero-order valence-electron chi connectivity index (χ0n) is 9.33. The molecule has 2 aromatic heterocycles. The van der Waals surface area contributed by atoms with Gasteiger partial charge in [-0.25, -0.2) is 0 Å². The number of thiophene rings is 1. The number of aryl methyl sites for hydroxylation is 1. The maximum Gasteiger partial charge on any atom is 0.0626 e. The van der Waals surface area contributed by atoms with Crippen LogP contribution in [-0.4, -0.2) is 15.8 Å². The predicted octanol–water partition coefficient (Wildman–Crippen LogP) is 2.66. The fourth-order valence-electron chi connectivity index (χ4n) is 1.52. The van der Waals surface area contributed by atoms with Crippen molar-refractivity contribution in [1.82, 2.24) is 9.78 Å². The van der Waals surface area contributed by atoms with Gasteiger partial charge in [0, 0.05) is 24.2 Å². The summed E-state index contributed by atoms with van der Waals surface area (Å²) in [5.41, 5.74) is 7.34. The van der Waals surface area contributed by atoms with Crippen LogP contribution in [0.4, 0.5) is 0 Å². The van der Waals surface area contributed by atoms with Crippen LogP contribution in [0.3, 0.4) is 0 Å². The van der Waals surface area contributed by atoms with E-state index in [1.165, 1.54) is 5.56 Å². The maximum atomic E-state index is 6.04. The minimum Gasteiger partial charge on any atom is -0.327 e. The zero-order chi connectivity index (χ0) is 11.5. The average molecular weight is 253 g/mol. The van der Waals surface area contributed by atoms with Gasteiger partial charge in [0.05, 0.1) is 11.4 Å². The summed E-state index contributed by atoms with van der Waals surface area (Å²) in [5.74, 6) is 0. The summed E-state index contributed by atoms with van der Waals surface area (Å²) in [6.45, 7) is 2.05. The smallest absolute Gasteiger partial charge is 0.0626 e. The first-order chi connectivity index (χ1) is 7.66. The molecule has 2 unspecified atom stereocenters. The standard InChI is InChI=1S/C11H15N3S2/c1-8(12)11(9-3-4-15-7-9)16-10-5-13-14(2)6-10/h3-8,11H,12H2,1-2H3. The maximum absolute atomic E-state index is 6.04. The van der Waals surface area contributed by atoms with Crippen molar-refractivity contribution < 1.29 is 0 Å². The van der Waals surface area contributed by atoms with Crippen molar-refractivity contribution in [3.05, 3.63) is 34.8 Å². The fourth-order valence-corrected chi connectivity index (χ4v) is 3.42. The van der Waals surface area contributed by atoms with Crippen LogP contribution in [-0.2, 0) is 7.05 Å². The van der Waals surface area contributed by atoms with E-state index in [0.717, 1.165) is 4.90 Å². The molecule has 2 atom stereocenters. The molecular weight excluding hydrogens is 238 g/mol. The van der Waals surface area contributed by atoms with Gasteiger partial charge >= 0.3 is 0 Å². The number of hydrogen-bond donors (Lipinski definition) is 1. The second-order valence-electron chi connectivity index (χ2n) is 3.80. The number of nitrogens with zero attached hydrogens (tertiary/aromatic N) is 2. The lowest BCUT2D eigenvalue weighted by Gasteiger charge is -2.18. The van der Waals surface area contributed by atoms with Gasteiger partial charge in [-0.2, -0.15) is 16.4 Å². The van der Waals surface area contributed by atoms with E-state index in [0.29, 0.717) is 5.25 Å². The molecule has 0 aliphatic carbocycles. The first-order valence-corrected chi connectivity index (χ1v) is 6.92. The van der Waals surface area contributed by atoms with Gasteiger partial charge in [-0.3, -0.25) is 4.68 Å². The Morgan fingerprint density at radius 1 is 1.56 bits per heavy atom. The van der Waals surface area contributed by atoms with Crippen molar-refractivity contribution in [1.29, 1.82) is 0 Å². The average Bonchev–Trinajstić information content (AvgIpc) is 2.84. The topological polar surface area (TPSA) is 43.8 Å². The summed E-state index contributed by atoms with van der Waals surface area (Å²) in [6, 6.07) is 2.27. The molecule has 2 aromatic rings. The third kappa shape index (κ3) is 2.66. The molecule has 0 aliphatic rings. The van der Waals surface area contributed by atoms with Gasteiger partial charge in [0.2, 0.25) is 0 Å². The van der Waals surface area contributed by atoms with Crippen LogP contribution in [0.25, 0.3) is 0 Å². The molecule has 16 heavy (non-hydrogen) atoms. The summed E-state index contributed by atoms with van der Waals surface area (Å²) in [7, 11) is 1.93. The Bertz CT molecular complexity index is 434. The third-order valence-electron chi connectivity index (χ3n) is 2.29. The van der Waals surface area contributed by atoms with Gasteiger partial charge < -0.3 is 5.73 Å². The van der Waals surface area contributed by atoms with Crippen LogP contribution < -0.4 is 5.73 Å². The molecule has 0 fully saturated rings. The molecule has 0 aromatic carbocycles. The van der Waals surface area contributed by atoms with E-state index < -0.39 is 0 Å². The Hall–Kier alpha value is -0.780. The van der Waals surface area contributed by atoms with Gasteiger partial charge in [0.1, 0.15) is 0 Å². The highest BCUT2D eigenvalue weighted by atomic mass is 32.2. The molecule has 0 saturated heterocycles. The predicted molar refractivity (Wildman–Crippen MR) is 69.8 cm³/mol. The van der Waals surface area contributed by atoms with Crippen LogP contribution >= 0.6 is 23.1 Å². The number of thioether (sulfide) groups is 1. The Balaban J connectivity index is 2.15. The van der Waals surface area contributed by atoms with Crippen molar-refractivity contribution in [3.63, 3.8) is 0 Å². The van der Waals surface area contributed by atoms with Gasteiger partial charge in [0.15, 0.2) is 0 Å². The SMILES string of the molecule is CC(N)C(Sc1cnn(C)c1)c1ccsc1. The molecule has 2 heterocycles. The normalized spacial score (nSPS) is 14.9. The van der Waals surface area contributed by atoms with Crippen LogP contribution in [0, 0.1) is 0 Å². The fraction of sp³-hybridized carbons (Fsp3) is 0.364. The zero-order valence-corrected chi connectivity index (χ0v) is 11.0. The van der Waals surface area contributed by atoms with E-state index in [2.05, 4.69) is 21.9 Å². The van der Waals surface area contributed by atoms with Crippen molar-refractivity contribution in [3.8, 4) is 0 Å². The summed E-state index contributed by atoms with van der Waals surface area (Å²) in [4.78, 5) is 1.16. The summed E-state index contributed by atoms with van der Waals surface area (Å²) < 4.78 is 1.81. The van der Waals surface area contributed by atoms with Crippen LogP contribution in [0.2, 0.25) is 0 Å². The van der Waals surface area contributed by atoms with E-state index in [-0.39, 0.29) is 6.04 Å². The summed E-state index contributed by atoms with van der Waals surface area (Å²) >= 11 is 3.49. The molecular formula is C11H15N3S2. The highest BCUT2D eigenvalue weighted by Crippen LogP contribution is 2.37. The molecule has 0 spiro atoms. The largest absolute Gasteiger partial charge is 0.327 e. The van der Waals surface area contributed by atoms with Crippen molar-refractivity contribution in [2.75, 3.05) is 0 Å².